The van der Waals surface area contributed by atoms with E-state index in [1.807, 2.05) is 55.5 Å². The van der Waals surface area contributed by atoms with Crippen LogP contribution in [0.4, 0.5) is 0 Å². The van der Waals surface area contributed by atoms with Gasteiger partial charge >= 0.3 is 0 Å². The third-order valence-corrected chi connectivity index (χ3v) is 4.02. The molecule has 2 N–H and O–H groups in total. The summed E-state index contributed by atoms with van der Waals surface area (Å²) >= 11 is 0. The lowest BCUT2D eigenvalue weighted by atomic mass is 10.1. The maximum atomic E-state index is 12.3. The third kappa shape index (κ3) is 5.68. The number of hydrazone groups is 1. The summed E-state index contributed by atoms with van der Waals surface area (Å²) in [5.74, 6) is 1.24. The van der Waals surface area contributed by atoms with Gasteiger partial charge in [-0.15, -0.1) is 0 Å². The van der Waals surface area contributed by atoms with E-state index >= 15 is 0 Å². The molecule has 0 aliphatic rings. The molecule has 0 unspecified atom stereocenters. The van der Waals surface area contributed by atoms with Gasteiger partial charge in [-0.3, -0.25) is 9.89 Å². The number of carbonyl (C=O) groups excluding carboxylic acids is 1. The number of ether oxygens (including phenoxy) is 2. The maximum absolute atomic E-state index is 12.3. The van der Waals surface area contributed by atoms with E-state index in [0.29, 0.717) is 24.6 Å². The van der Waals surface area contributed by atoms with E-state index in [1.165, 1.54) is 0 Å². The molecule has 7 heteroatoms. The van der Waals surface area contributed by atoms with Crippen LogP contribution in [0.15, 0.2) is 59.7 Å². The average molecular weight is 392 g/mol. The zero-order valence-electron chi connectivity index (χ0n) is 16.5. The maximum Gasteiger partial charge on any atom is 0.289 e. The van der Waals surface area contributed by atoms with Gasteiger partial charge in [0, 0.05) is 5.56 Å². The topological polar surface area (TPSA) is 88.6 Å². The Kier molecular flexibility index (Phi) is 7.00. The number of amides is 1. The molecule has 0 aliphatic carbocycles. The molecule has 1 amide bonds. The van der Waals surface area contributed by atoms with E-state index in [4.69, 9.17) is 9.47 Å². The van der Waals surface area contributed by atoms with E-state index in [-0.39, 0.29) is 5.91 Å². The van der Waals surface area contributed by atoms with Crippen LogP contribution in [0, 0.1) is 0 Å². The predicted octanol–water partition coefficient (Wildman–Crippen LogP) is 4.03. The van der Waals surface area contributed by atoms with Crippen LogP contribution in [0.2, 0.25) is 0 Å². The van der Waals surface area contributed by atoms with Crippen molar-refractivity contribution in [1.29, 1.82) is 0 Å². The number of rotatable bonds is 9. The molecule has 0 fully saturated rings. The standard InChI is InChI=1S/C22H24N4O3/c1-3-13-29-19-11-7-17(8-12-19)20-14-21(25-24-20)22(27)26-23-15-16-5-9-18(10-6-16)28-4-2/h5-12,14-15H,3-4,13H2,1-2H3,(H,24,25)(H,26,27)/b23-15-. The molecule has 2 aromatic carbocycles. The summed E-state index contributed by atoms with van der Waals surface area (Å²) in [6, 6.07) is 16.7. The summed E-state index contributed by atoms with van der Waals surface area (Å²) in [6.45, 7) is 5.30. The SMILES string of the molecule is CCCOc1ccc(-c2cc(C(=O)N/N=C\c3ccc(OCC)cc3)[nH]n2)cc1. The Balaban J connectivity index is 1.57. The lowest BCUT2D eigenvalue weighted by Crippen LogP contribution is -2.17. The first kappa shape index (κ1) is 20.1. The Morgan fingerprint density at radius 1 is 1.07 bits per heavy atom. The van der Waals surface area contributed by atoms with Crippen molar-refractivity contribution in [2.45, 2.75) is 20.3 Å². The molecule has 7 nitrogen and oxygen atoms in total. The number of nitrogens with zero attached hydrogens (tertiary/aromatic N) is 2. The second-order valence-electron chi connectivity index (χ2n) is 6.24. The van der Waals surface area contributed by atoms with E-state index in [0.717, 1.165) is 29.0 Å². The molecule has 1 aromatic heterocycles. The second kappa shape index (κ2) is 10.1. The number of nitrogens with one attached hydrogen (secondary N) is 2. The summed E-state index contributed by atoms with van der Waals surface area (Å²) < 4.78 is 11.0. The van der Waals surface area contributed by atoms with Crippen molar-refractivity contribution in [3.05, 3.63) is 65.9 Å². The highest BCUT2D eigenvalue weighted by molar-refractivity contribution is 5.94. The molecule has 0 atom stereocenters. The molecule has 0 spiro atoms. The van der Waals surface area contributed by atoms with Crippen molar-refractivity contribution in [2.75, 3.05) is 13.2 Å². The van der Waals surface area contributed by atoms with E-state index in [2.05, 4.69) is 27.6 Å². The van der Waals surface area contributed by atoms with Crippen molar-refractivity contribution >= 4 is 12.1 Å². The van der Waals surface area contributed by atoms with Crippen molar-refractivity contribution < 1.29 is 14.3 Å². The number of aromatic nitrogens is 2. The highest BCUT2D eigenvalue weighted by atomic mass is 16.5. The molecule has 0 saturated carbocycles. The summed E-state index contributed by atoms with van der Waals surface area (Å²) in [6.07, 6.45) is 2.53. The second-order valence-corrected chi connectivity index (χ2v) is 6.24. The molecule has 0 saturated heterocycles. The van der Waals surface area contributed by atoms with Crippen LogP contribution in [-0.2, 0) is 0 Å². The van der Waals surface area contributed by atoms with Crippen molar-refractivity contribution in [2.24, 2.45) is 5.10 Å². The zero-order valence-corrected chi connectivity index (χ0v) is 16.5. The Morgan fingerprint density at radius 2 is 1.76 bits per heavy atom. The molecule has 0 bridgehead atoms. The van der Waals surface area contributed by atoms with Crippen LogP contribution in [0.25, 0.3) is 11.3 Å². The third-order valence-electron chi connectivity index (χ3n) is 4.02. The molecular weight excluding hydrogens is 368 g/mol. The minimum atomic E-state index is -0.367. The van der Waals surface area contributed by atoms with Crippen LogP contribution in [0.1, 0.15) is 36.3 Å². The number of hydrogen-bond acceptors (Lipinski definition) is 5. The van der Waals surface area contributed by atoms with Gasteiger partial charge in [0.05, 0.1) is 25.1 Å². The van der Waals surface area contributed by atoms with Crippen LogP contribution in [0.3, 0.4) is 0 Å². The number of hydrogen-bond donors (Lipinski definition) is 2. The lowest BCUT2D eigenvalue weighted by molar-refractivity contribution is 0.0950. The monoisotopic (exact) mass is 392 g/mol. The molecule has 3 aromatic rings. The van der Waals surface area contributed by atoms with Gasteiger partial charge in [-0.25, -0.2) is 5.43 Å². The summed E-state index contributed by atoms with van der Waals surface area (Å²) in [7, 11) is 0. The lowest BCUT2D eigenvalue weighted by Gasteiger charge is -2.04. The fourth-order valence-corrected chi connectivity index (χ4v) is 2.57. The molecule has 29 heavy (non-hydrogen) atoms. The Morgan fingerprint density at radius 3 is 2.45 bits per heavy atom. The minimum Gasteiger partial charge on any atom is -0.494 e. The van der Waals surface area contributed by atoms with Crippen LogP contribution in [-0.4, -0.2) is 35.5 Å². The molecule has 150 valence electrons. The van der Waals surface area contributed by atoms with Gasteiger partial charge in [0.1, 0.15) is 17.2 Å². The van der Waals surface area contributed by atoms with E-state index in [1.54, 1.807) is 12.3 Å². The largest absolute Gasteiger partial charge is 0.494 e. The first-order chi connectivity index (χ1) is 14.2. The van der Waals surface area contributed by atoms with Gasteiger partial charge in [0.2, 0.25) is 0 Å². The quantitative estimate of drug-likeness (QED) is 0.425. The molecule has 0 aliphatic heterocycles. The molecule has 1 heterocycles. The molecular formula is C22H24N4O3. The highest BCUT2D eigenvalue weighted by Gasteiger charge is 2.10. The van der Waals surface area contributed by atoms with Crippen LogP contribution >= 0.6 is 0 Å². The Bertz CT molecular complexity index is 947. The van der Waals surface area contributed by atoms with Crippen LogP contribution < -0.4 is 14.9 Å². The fourth-order valence-electron chi connectivity index (χ4n) is 2.57. The van der Waals surface area contributed by atoms with Crippen molar-refractivity contribution in [3.63, 3.8) is 0 Å². The summed E-state index contributed by atoms with van der Waals surface area (Å²) in [4.78, 5) is 12.3. The first-order valence-corrected chi connectivity index (χ1v) is 9.54. The molecule has 3 rings (SSSR count). The minimum absolute atomic E-state index is 0.329. The predicted molar refractivity (Wildman–Crippen MR) is 112 cm³/mol. The first-order valence-electron chi connectivity index (χ1n) is 9.54. The number of carbonyl (C=O) groups is 1. The highest BCUT2D eigenvalue weighted by Crippen LogP contribution is 2.21. The number of aromatic amines is 1. The van der Waals surface area contributed by atoms with Crippen LogP contribution in [0.5, 0.6) is 11.5 Å². The normalized spacial score (nSPS) is 10.8. The number of benzene rings is 2. The summed E-state index contributed by atoms with van der Waals surface area (Å²) in [5.41, 5.74) is 5.24. The van der Waals surface area contributed by atoms with Gasteiger partial charge < -0.3 is 9.47 Å². The van der Waals surface area contributed by atoms with Gasteiger partial charge in [-0.05, 0) is 73.5 Å². The van der Waals surface area contributed by atoms with Gasteiger partial charge in [0.15, 0.2) is 0 Å². The van der Waals surface area contributed by atoms with Gasteiger partial charge in [0.25, 0.3) is 5.91 Å². The zero-order chi connectivity index (χ0) is 20.5. The van der Waals surface area contributed by atoms with Gasteiger partial charge in [-0.1, -0.05) is 6.92 Å². The summed E-state index contributed by atoms with van der Waals surface area (Å²) in [5, 5.41) is 10.9. The molecule has 0 radical (unpaired) electrons. The van der Waals surface area contributed by atoms with E-state index in [9.17, 15) is 4.79 Å². The van der Waals surface area contributed by atoms with Crippen molar-refractivity contribution in [1.82, 2.24) is 15.6 Å². The van der Waals surface area contributed by atoms with Crippen molar-refractivity contribution in [3.8, 4) is 22.8 Å². The van der Waals surface area contributed by atoms with E-state index < -0.39 is 0 Å². The smallest absolute Gasteiger partial charge is 0.289 e. The fraction of sp³-hybridized carbons (Fsp3) is 0.227. The van der Waals surface area contributed by atoms with Gasteiger partial charge in [-0.2, -0.15) is 10.2 Å². The Labute approximate surface area is 169 Å². The Hall–Kier alpha value is -3.61. The number of H-pyrrole nitrogens is 1. The average Bonchev–Trinajstić information content (AvgIpc) is 3.24.